The lowest BCUT2D eigenvalue weighted by Gasteiger charge is -2.10. The Morgan fingerprint density at radius 3 is 2.60 bits per heavy atom. The SMILES string of the molecule is CCC(=O)Nc1cc(Cl)c(C[n+]2ccccc2)cc1C. The maximum atomic E-state index is 11.5. The van der Waals surface area contributed by atoms with E-state index in [2.05, 4.69) is 9.88 Å². The zero-order valence-electron chi connectivity index (χ0n) is 11.7. The van der Waals surface area contributed by atoms with E-state index in [0.717, 1.165) is 16.8 Å². The summed E-state index contributed by atoms with van der Waals surface area (Å²) < 4.78 is 2.06. The first-order valence-corrected chi connectivity index (χ1v) is 7.01. The van der Waals surface area contributed by atoms with Crippen LogP contribution in [0.3, 0.4) is 0 Å². The summed E-state index contributed by atoms with van der Waals surface area (Å²) in [6.07, 6.45) is 4.45. The molecule has 0 atom stereocenters. The highest BCUT2D eigenvalue weighted by atomic mass is 35.5. The summed E-state index contributed by atoms with van der Waals surface area (Å²) >= 11 is 6.31. The molecule has 0 saturated carbocycles. The van der Waals surface area contributed by atoms with Crippen LogP contribution >= 0.6 is 11.6 Å². The normalized spacial score (nSPS) is 10.3. The number of pyridine rings is 1. The van der Waals surface area contributed by atoms with Crippen molar-refractivity contribution in [3.05, 3.63) is 58.9 Å². The molecule has 1 heterocycles. The van der Waals surface area contributed by atoms with E-state index in [1.807, 2.05) is 56.6 Å². The van der Waals surface area contributed by atoms with Crippen LogP contribution in [0.1, 0.15) is 24.5 Å². The molecule has 3 nitrogen and oxygen atoms in total. The van der Waals surface area contributed by atoms with Crippen molar-refractivity contribution in [3.63, 3.8) is 0 Å². The number of halogens is 1. The van der Waals surface area contributed by atoms with Crippen LogP contribution in [0.2, 0.25) is 5.02 Å². The predicted octanol–water partition coefficient (Wildman–Crippen LogP) is 3.33. The minimum absolute atomic E-state index is 0.00523. The lowest BCUT2D eigenvalue weighted by molar-refractivity contribution is -0.688. The molecule has 1 N–H and O–H groups in total. The first-order chi connectivity index (χ1) is 9.60. The third-order valence-corrected chi connectivity index (χ3v) is 3.47. The number of hydrogen-bond acceptors (Lipinski definition) is 1. The number of rotatable bonds is 4. The molecule has 0 radical (unpaired) electrons. The summed E-state index contributed by atoms with van der Waals surface area (Å²) in [5, 5.41) is 3.53. The number of nitrogens with one attached hydrogen (secondary N) is 1. The zero-order chi connectivity index (χ0) is 14.5. The van der Waals surface area contributed by atoms with Gasteiger partial charge in [0.1, 0.15) is 0 Å². The minimum atomic E-state index is -0.00523. The summed E-state index contributed by atoms with van der Waals surface area (Å²) in [5.41, 5.74) is 2.83. The number of aryl methyl sites for hydroxylation is 1. The lowest BCUT2D eigenvalue weighted by atomic mass is 10.1. The largest absolute Gasteiger partial charge is 0.326 e. The Balaban J connectivity index is 2.24. The van der Waals surface area contributed by atoms with Crippen LogP contribution in [-0.4, -0.2) is 5.91 Å². The molecule has 0 saturated heterocycles. The Morgan fingerprint density at radius 1 is 1.25 bits per heavy atom. The molecule has 0 spiro atoms. The number of carbonyl (C=O) groups excluding carboxylic acids is 1. The van der Waals surface area contributed by atoms with Gasteiger partial charge in [-0.05, 0) is 24.6 Å². The van der Waals surface area contributed by atoms with Gasteiger partial charge in [0, 0.05) is 29.8 Å². The second kappa shape index (κ2) is 6.53. The van der Waals surface area contributed by atoms with Gasteiger partial charge in [0.15, 0.2) is 18.9 Å². The molecule has 2 aromatic rings. The monoisotopic (exact) mass is 289 g/mol. The number of hydrogen-bond donors (Lipinski definition) is 1. The van der Waals surface area contributed by atoms with Crippen molar-refractivity contribution in [1.29, 1.82) is 0 Å². The summed E-state index contributed by atoms with van der Waals surface area (Å²) in [7, 11) is 0. The second-order valence-electron chi connectivity index (χ2n) is 4.71. The maximum Gasteiger partial charge on any atom is 0.224 e. The summed E-state index contributed by atoms with van der Waals surface area (Å²) in [6.45, 7) is 4.51. The molecule has 104 valence electrons. The Morgan fingerprint density at radius 2 is 1.95 bits per heavy atom. The molecule has 0 bridgehead atoms. The molecule has 0 unspecified atom stereocenters. The van der Waals surface area contributed by atoms with Gasteiger partial charge in [-0.3, -0.25) is 4.79 Å². The lowest BCUT2D eigenvalue weighted by Crippen LogP contribution is -2.33. The van der Waals surface area contributed by atoms with E-state index in [9.17, 15) is 4.79 Å². The molecular weight excluding hydrogens is 272 g/mol. The summed E-state index contributed by atoms with van der Waals surface area (Å²) in [6, 6.07) is 9.79. The van der Waals surface area contributed by atoms with E-state index in [1.54, 1.807) is 0 Å². The summed E-state index contributed by atoms with van der Waals surface area (Å²) in [5.74, 6) is -0.00523. The van der Waals surface area contributed by atoms with Crippen molar-refractivity contribution in [2.24, 2.45) is 0 Å². The fraction of sp³-hybridized carbons (Fsp3) is 0.250. The van der Waals surface area contributed by atoms with Gasteiger partial charge < -0.3 is 5.32 Å². The molecule has 0 aliphatic carbocycles. The molecule has 0 fully saturated rings. The van der Waals surface area contributed by atoms with Crippen LogP contribution in [0.15, 0.2) is 42.7 Å². The first kappa shape index (κ1) is 14.5. The average molecular weight is 290 g/mol. The highest BCUT2D eigenvalue weighted by molar-refractivity contribution is 6.31. The predicted molar refractivity (Wildman–Crippen MR) is 80.8 cm³/mol. The van der Waals surface area contributed by atoms with Crippen LogP contribution < -0.4 is 9.88 Å². The molecule has 0 aliphatic heterocycles. The smallest absolute Gasteiger partial charge is 0.224 e. The molecule has 20 heavy (non-hydrogen) atoms. The number of benzene rings is 1. The molecule has 2 rings (SSSR count). The fourth-order valence-corrected chi connectivity index (χ4v) is 2.20. The van der Waals surface area contributed by atoms with Crippen LogP contribution in [0.5, 0.6) is 0 Å². The maximum absolute atomic E-state index is 11.5. The number of carbonyl (C=O) groups is 1. The van der Waals surface area contributed by atoms with Gasteiger partial charge in [0.25, 0.3) is 0 Å². The summed E-state index contributed by atoms with van der Waals surface area (Å²) in [4.78, 5) is 11.5. The number of anilines is 1. The number of amides is 1. The Kier molecular flexibility index (Phi) is 4.74. The van der Waals surface area contributed by atoms with E-state index in [0.29, 0.717) is 18.0 Å². The first-order valence-electron chi connectivity index (χ1n) is 6.63. The van der Waals surface area contributed by atoms with Crippen molar-refractivity contribution in [2.45, 2.75) is 26.8 Å². The molecule has 0 aliphatic rings. The second-order valence-corrected chi connectivity index (χ2v) is 5.12. The van der Waals surface area contributed by atoms with Gasteiger partial charge in [-0.25, -0.2) is 4.57 Å². The van der Waals surface area contributed by atoms with Gasteiger partial charge >= 0.3 is 0 Å². The standard InChI is InChI=1S/C16H17ClN2O/c1-3-16(20)18-15-10-14(17)13(9-12(15)2)11-19-7-5-4-6-8-19/h4-10H,3,11H2,1-2H3/p+1. The molecule has 4 heteroatoms. The van der Waals surface area contributed by atoms with Crippen molar-refractivity contribution >= 4 is 23.2 Å². The highest BCUT2D eigenvalue weighted by Gasteiger charge is 2.11. The molecular formula is C16H18ClN2O+. The quantitative estimate of drug-likeness (QED) is 0.861. The van der Waals surface area contributed by atoms with Gasteiger partial charge in [-0.2, -0.15) is 0 Å². The topological polar surface area (TPSA) is 33.0 Å². The van der Waals surface area contributed by atoms with E-state index >= 15 is 0 Å². The third-order valence-electron chi connectivity index (χ3n) is 3.12. The van der Waals surface area contributed by atoms with Crippen molar-refractivity contribution in [2.75, 3.05) is 5.32 Å². The molecule has 1 aromatic heterocycles. The molecule has 1 amide bonds. The Hall–Kier alpha value is -1.87. The number of nitrogens with zero attached hydrogens (tertiary/aromatic N) is 1. The van der Waals surface area contributed by atoms with Crippen molar-refractivity contribution in [3.8, 4) is 0 Å². The molecule has 1 aromatic carbocycles. The minimum Gasteiger partial charge on any atom is -0.326 e. The van der Waals surface area contributed by atoms with Crippen LogP contribution in [0, 0.1) is 6.92 Å². The van der Waals surface area contributed by atoms with E-state index in [-0.39, 0.29) is 5.91 Å². The van der Waals surface area contributed by atoms with E-state index < -0.39 is 0 Å². The van der Waals surface area contributed by atoms with Crippen LogP contribution in [0.4, 0.5) is 5.69 Å². The van der Waals surface area contributed by atoms with Crippen molar-refractivity contribution < 1.29 is 9.36 Å². The Labute approximate surface area is 124 Å². The van der Waals surface area contributed by atoms with Crippen LogP contribution in [-0.2, 0) is 11.3 Å². The fourth-order valence-electron chi connectivity index (χ4n) is 1.97. The van der Waals surface area contributed by atoms with Crippen LogP contribution in [0.25, 0.3) is 0 Å². The highest BCUT2D eigenvalue weighted by Crippen LogP contribution is 2.25. The zero-order valence-corrected chi connectivity index (χ0v) is 12.4. The number of aromatic nitrogens is 1. The van der Waals surface area contributed by atoms with Gasteiger partial charge in [0.2, 0.25) is 5.91 Å². The van der Waals surface area contributed by atoms with Gasteiger partial charge in [-0.15, -0.1) is 0 Å². The van der Waals surface area contributed by atoms with E-state index in [4.69, 9.17) is 11.6 Å². The Bertz CT molecular complexity index is 611. The van der Waals surface area contributed by atoms with E-state index in [1.165, 1.54) is 0 Å². The third kappa shape index (κ3) is 3.58. The van der Waals surface area contributed by atoms with Crippen molar-refractivity contribution in [1.82, 2.24) is 0 Å². The van der Waals surface area contributed by atoms with Gasteiger partial charge in [-0.1, -0.05) is 24.6 Å². The average Bonchev–Trinajstić information content (AvgIpc) is 2.45. The van der Waals surface area contributed by atoms with Gasteiger partial charge in [0.05, 0.1) is 5.02 Å².